The fourth-order valence-corrected chi connectivity index (χ4v) is 2.49. The van der Waals surface area contributed by atoms with Crippen molar-refractivity contribution in [2.75, 3.05) is 25.0 Å². The first kappa shape index (κ1) is 12.0. The number of anilines is 1. The van der Waals surface area contributed by atoms with Crippen LogP contribution < -0.4 is 10.1 Å². The number of rotatable bonds is 2. The van der Waals surface area contributed by atoms with Gasteiger partial charge in [-0.25, -0.2) is 0 Å². The number of likely N-dealkylation sites (tertiary alicyclic amines) is 1. The van der Waals surface area contributed by atoms with E-state index in [0.29, 0.717) is 17.9 Å². The highest BCUT2D eigenvalue weighted by Gasteiger charge is 2.20. The maximum Gasteiger partial charge on any atom is 0.262 e. The van der Waals surface area contributed by atoms with Gasteiger partial charge in [-0.15, -0.1) is 0 Å². The Hall–Kier alpha value is -2.04. The van der Waals surface area contributed by atoms with Crippen LogP contribution >= 0.6 is 0 Å². The predicted molar refractivity (Wildman–Crippen MR) is 70.1 cm³/mol. The second-order valence-corrected chi connectivity index (χ2v) is 4.93. The molecule has 1 N–H and O–H groups in total. The van der Waals surface area contributed by atoms with Crippen molar-refractivity contribution in [3.8, 4) is 5.75 Å². The highest BCUT2D eigenvalue weighted by molar-refractivity contribution is 5.95. The zero-order valence-electron chi connectivity index (χ0n) is 10.6. The van der Waals surface area contributed by atoms with Crippen LogP contribution in [0.2, 0.25) is 0 Å². The Morgan fingerprint density at radius 3 is 2.89 bits per heavy atom. The van der Waals surface area contributed by atoms with Crippen LogP contribution in [0.25, 0.3) is 0 Å². The van der Waals surface area contributed by atoms with Crippen LogP contribution in [-0.2, 0) is 16.0 Å². The summed E-state index contributed by atoms with van der Waals surface area (Å²) in [6, 6.07) is 5.51. The van der Waals surface area contributed by atoms with Gasteiger partial charge in [-0.1, -0.05) is 6.07 Å². The molecule has 0 spiro atoms. The Morgan fingerprint density at radius 2 is 2.11 bits per heavy atom. The molecule has 2 aliphatic heterocycles. The maximum atomic E-state index is 12.1. The summed E-state index contributed by atoms with van der Waals surface area (Å²) in [6.45, 7) is 1.78. The van der Waals surface area contributed by atoms with Crippen molar-refractivity contribution in [2.45, 2.75) is 19.3 Å². The molecule has 0 saturated carbocycles. The van der Waals surface area contributed by atoms with Gasteiger partial charge in [-0.3, -0.25) is 9.59 Å². The summed E-state index contributed by atoms with van der Waals surface area (Å²) in [7, 11) is 0. The number of carbonyl (C=O) groups excluding carboxylic acids is 2. The number of nitrogens with zero attached hydrogens (tertiary/aromatic N) is 1. The van der Waals surface area contributed by atoms with Gasteiger partial charge in [0.15, 0.2) is 6.61 Å². The van der Waals surface area contributed by atoms with Gasteiger partial charge in [0.2, 0.25) is 5.91 Å². The molecule has 5 nitrogen and oxygen atoms in total. The van der Waals surface area contributed by atoms with E-state index in [0.717, 1.165) is 31.5 Å². The van der Waals surface area contributed by atoms with Crippen molar-refractivity contribution < 1.29 is 14.3 Å². The van der Waals surface area contributed by atoms with E-state index in [1.54, 1.807) is 6.07 Å². The minimum absolute atomic E-state index is 0.0546. The van der Waals surface area contributed by atoms with E-state index >= 15 is 0 Å². The molecule has 0 unspecified atom stereocenters. The normalized spacial score (nSPS) is 17.7. The van der Waals surface area contributed by atoms with Crippen molar-refractivity contribution in [2.24, 2.45) is 0 Å². The van der Waals surface area contributed by atoms with Crippen LogP contribution in [0.3, 0.4) is 0 Å². The minimum atomic E-state index is -0.157. The maximum absolute atomic E-state index is 12.1. The van der Waals surface area contributed by atoms with E-state index in [2.05, 4.69) is 5.32 Å². The number of fused-ring (bicyclic) bond motifs is 1. The zero-order valence-corrected chi connectivity index (χ0v) is 10.6. The molecule has 2 amide bonds. The van der Waals surface area contributed by atoms with Crippen LogP contribution in [0.5, 0.6) is 5.75 Å². The smallest absolute Gasteiger partial charge is 0.262 e. The SMILES string of the molecule is O=C1COc2ccc(CC(=O)N3CCCC3)cc2N1. The average molecular weight is 260 g/mol. The van der Waals surface area contributed by atoms with Gasteiger partial charge in [-0.05, 0) is 30.5 Å². The van der Waals surface area contributed by atoms with Crippen molar-refractivity contribution in [3.05, 3.63) is 23.8 Å². The number of benzene rings is 1. The van der Waals surface area contributed by atoms with Crippen molar-refractivity contribution >= 4 is 17.5 Å². The number of ether oxygens (including phenoxy) is 1. The highest BCUT2D eigenvalue weighted by atomic mass is 16.5. The van der Waals surface area contributed by atoms with Crippen molar-refractivity contribution in [1.82, 2.24) is 4.90 Å². The quantitative estimate of drug-likeness (QED) is 0.868. The highest BCUT2D eigenvalue weighted by Crippen LogP contribution is 2.28. The number of carbonyl (C=O) groups is 2. The fourth-order valence-electron chi connectivity index (χ4n) is 2.49. The average Bonchev–Trinajstić information content (AvgIpc) is 2.92. The summed E-state index contributed by atoms with van der Waals surface area (Å²) in [4.78, 5) is 25.2. The first-order valence-corrected chi connectivity index (χ1v) is 6.56. The second-order valence-electron chi connectivity index (χ2n) is 4.93. The van der Waals surface area contributed by atoms with Crippen LogP contribution in [0.15, 0.2) is 18.2 Å². The first-order valence-electron chi connectivity index (χ1n) is 6.56. The van der Waals surface area contributed by atoms with E-state index in [1.165, 1.54) is 0 Å². The number of hydrogen-bond donors (Lipinski definition) is 1. The van der Waals surface area contributed by atoms with E-state index in [9.17, 15) is 9.59 Å². The molecule has 2 heterocycles. The second kappa shape index (κ2) is 4.91. The van der Waals surface area contributed by atoms with Gasteiger partial charge in [-0.2, -0.15) is 0 Å². The summed E-state index contributed by atoms with van der Waals surface area (Å²) < 4.78 is 5.29. The lowest BCUT2D eigenvalue weighted by Gasteiger charge is -2.19. The minimum Gasteiger partial charge on any atom is -0.482 e. The molecular weight excluding hydrogens is 244 g/mol. The summed E-state index contributed by atoms with van der Waals surface area (Å²) in [6.07, 6.45) is 2.57. The summed E-state index contributed by atoms with van der Waals surface area (Å²) in [5.41, 5.74) is 1.56. The van der Waals surface area contributed by atoms with E-state index in [1.807, 2.05) is 17.0 Å². The van der Waals surface area contributed by atoms with Gasteiger partial charge < -0.3 is 15.0 Å². The molecule has 100 valence electrons. The molecule has 3 rings (SSSR count). The van der Waals surface area contributed by atoms with E-state index in [-0.39, 0.29) is 18.4 Å². The Balaban J connectivity index is 1.73. The lowest BCUT2D eigenvalue weighted by Crippen LogP contribution is -2.29. The molecule has 19 heavy (non-hydrogen) atoms. The Morgan fingerprint density at radius 1 is 1.32 bits per heavy atom. The number of nitrogens with one attached hydrogen (secondary N) is 1. The summed E-state index contributed by atoms with van der Waals surface area (Å²) >= 11 is 0. The molecule has 5 heteroatoms. The molecule has 1 saturated heterocycles. The standard InChI is InChI=1S/C14H16N2O3/c17-13-9-19-12-4-3-10(7-11(12)15-13)8-14(18)16-5-1-2-6-16/h3-4,7H,1-2,5-6,8-9H2,(H,15,17). The Bertz CT molecular complexity index is 521. The zero-order chi connectivity index (χ0) is 13.2. The number of amides is 2. The van der Waals surface area contributed by atoms with Crippen LogP contribution in [-0.4, -0.2) is 36.4 Å². The summed E-state index contributed by atoms with van der Waals surface area (Å²) in [5.74, 6) is 0.660. The topological polar surface area (TPSA) is 58.6 Å². The molecule has 1 fully saturated rings. The number of hydrogen-bond acceptors (Lipinski definition) is 3. The lowest BCUT2D eigenvalue weighted by molar-refractivity contribution is -0.129. The molecule has 0 aromatic heterocycles. The van der Waals surface area contributed by atoms with Gasteiger partial charge in [0, 0.05) is 13.1 Å². The molecule has 0 bridgehead atoms. The molecule has 0 aliphatic carbocycles. The van der Waals surface area contributed by atoms with Crippen molar-refractivity contribution in [1.29, 1.82) is 0 Å². The molecule has 1 aromatic carbocycles. The molecular formula is C14H16N2O3. The largest absolute Gasteiger partial charge is 0.482 e. The van der Waals surface area contributed by atoms with Crippen molar-refractivity contribution in [3.63, 3.8) is 0 Å². The lowest BCUT2D eigenvalue weighted by atomic mass is 10.1. The fraction of sp³-hybridized carbons (Fsp3) is 0.429. The Kier molecular flexibility index (Phi) is 3.11. The Labute approximate surface area is 111 Å². The molecule has 0 atom stereocenters. The molecule has 2 aliphatic rings. The monoisotopic (exact) mass is 260 g/mol. The third-order valence-electron chi connectivity index (χ3n) is 3.49. The summed E-state index contributed by atoms with van der Waals surface area (Å²) in [5, 5.41) is 2.75. The van der Waals surface area contributed by atoms with E-state index in [4.69, 9.17) is 4.74 Å². The third kappa shape index (κ3) is 2.54. The van der Waals surface area contributed by atoms with E-state index < -0.39 is 0 Å². The van der Waals surface area contributed by atoms with Crippen LogP contribution in [0, 0.1) is 0 Å². The predicted octanol–water partition coefficient (Wildman–Crippen LogP) is 1.18. The van der Waals surface area contributed by atoms with Crippen LogP contribution in [0.4, 0.5) is 5.69 Å². The van der Waals surface area contributed by atoms with Gasteiger partial charge >= 0.3 is 0 Å². The first-order chi connectivity index (χ1) is 9.22. The van der Waals surface area contributed by atoms with Crippen LogP contribution in [0.1, 0.15) is 18.4 Å². The van der Waals surface area contributed by atoms with Gasteiger partial charge in [0.05, 0.1) is 12.1 Å². The van der Waals surface area contributed by atoms with Gasteiger partial charge in [0.25, 0.3) is 5.91 Å². The molecule has 1 aromatic rings. The third-order valence-corrected chi connectivity index (χ3v) is 3.49. The van der Waals surface area contributed by atoms with Gasteiger partial charge in [0.1, 0.15) is 5.75 Å². The molecule has 0 radical (unpaired) electrons.